The van der Waals surface area contributed by atoms with Gasteiger partial charge in [-0.25, -0.2) is 18.6 Å². The Morgan fingerprint density at radius 1 is 1.10 bits per heavy atom. The van der Waals surface area contributed by atoms with Gasteiger partial charge in [-0.1, -0.05) is 12.1 Å². The SMILES string of the molecule is Cc1cc(CNCOCc2cc(F)cnc2Oc2ccc(F)cc2)ccc1C(=O)O. The normalized spacial score (nSPS) is 10.8. The number of rotatable bonds is 9. The Balaban J connectivity index is 1.53. The fraction of sp³-hybridized carbons (Fsp3) is 0.182. The predicted molar refractivity (Wildman–Crippen MR) is 105 cm³/mol. The highest BCUT2D eigenvalue weighted by Crippen LogP contribution is 2.24. The molecule has 0 bridgehead atoms. The third-order valence-corrected chi connectivity index (χ3v) is 4.23. The molecule has 0 unspecified atom stereocenters. The third-order valence-electron chi connectivity index (χ3n) is 4.23. The van der Waals surface area contributed by atoms with Crippen LogP contribution in [0.1, 0.15) is 27.0 Å². The lowest BCUT2D eigenvalue weighted by Gasteiger charge is -2.12. The van der Waals surface area contributed by atoms with Crippen LogP contribution in [0.2, 0.25) is 0 Å². The minimum Gasteiger partial charge on any atom is -0.478 e. The van der Waals surface area contributed by atoms with E-state index in [1.54, 1.807) is 25.1 Å². The van der Waals surface area contributed by atoms with Crippen LogP contribution in [0.5, 0.6) is 11.6 Å². The number of hydrogen-bond acceptors (Lipinski definition) is 5. The number of pyridine rings is 1. The standard InChI is InChI=1S/C22H20F2N2O4/c1-14-8-15(2-7-20(14)22(27)28)10-25-13-29-12-16-9-18(24)11-26-21(16)30-19-5-3-17(23)4-6-19/h2-9,11,25H,10,12-13H2,1H3,(H,27,28). The zero-order chi connectivity index (χ0) is 21.5. The Kier molecular flexibility index (Phi) is 7.05. The molecule has 3 rings (SSSR count). The number of carbonyl (C=O) groups is 1. The van der Waals surface area contributed by atoms with Crippen molar-refractivity contribution < 1.29 is 28.2 Å². The molecule has 1 heterocycles. The van der Waals surface area contributed by atoms with Crippen molar-refractivity contribution in [3.05, 3.63) is 88.6 Å². The molecule has 2 N–H and O–H groups in total. The summed E-state index contributed by atoms with van der Waals surface area (Å²) in [6.07, 6.45) is 1.03. The molecule has 2 aromatic carbocycles. The van der Waals surface area contributed by atoms with Crippen molar-refractivity contribution in [2.24, 2.45) is 0 Å². The monoisotopic (exact) mass is 414 g/mol. The van der Waals surface area contributed by atoms with Crippen molar-refractivity contribution in [1.29, 1.82) is 0 Å². The van der Waals surface area contributed by atoms with E-state index in [1.165, 1.54) is 30.3 Å². The molecule has 0 saturated carbocycles. The lowest BCUT2D eigenvalue weighted by molar-refractivity contribution is 0.0696. The molecule has 0 amide bonds. The summed E-state index contributed by atoms with van der Waals surface area (Å²) >= 11 is 0. The van der Waals surface area contributed by atoms with Gasteiger partial charge in [-0.05, 0) is 54.4 Å². The Morgan fingerprint density at radius 3 is 2.57 bits per heavy atom. The maximum absolute atomic E-state index is 13.6. The highest BCUT2D eigenvalue weighted by molar-refractivity contribution is 5.89. The maximum Gasteiger partial charge on any atom is 0.335 e. The van der Waals surface area contributed by atoms with E-state index in [-0.39, 0.29) is 24.8 Å². The molecular weight excluding hydrogens is 394 g/mol. The van der Waals surface area contributed by atoms with Crippen molar-refractivity contribution in [3.63, 3.8) is 0 Å². The summed E-state index contributed by atoms with van der Waals surface area (Å²) in [4.78, 5) is 15.0. The zero-order valence-corrected chi connectivity index (χ0v) is 16.2. The second kappa shape index (κ2) is 9.91. The number of hydrogen-bond donors (Lipinski definition) is 2. The van der Waals surface area contributed by atoms with Crippen LogP contribution in [0.15, 0.2) is 54.7 Å². The Bertz CT molecular complexity index is 1030. The quantitative estimate of drug-likeness (QED) is 0.399. The summed E-state index contributed by atoms with van der Waals surface area (Å²) in [7, 11) is 0. The van der Waals surface area contributed by atoms with Crippen molar-refractivity contribution in [3.8, 4) is 11.6 Å². The molecule has 3 aromatic rings. The van der Waals surface area contributed by atoms with Gasteiger partial charge in [-0.3, -0.25) is 5.32 Å². The summed E-state index contributed by atoms with van der Waals surface area (Å²) in [5.74, 6) is -1.34. The van der Waals surface area contributed by atoms with E-state index in [0.717, 1.165) is 11.8 Å². The first-order valence-corrected chi connectivity index (χ1v) is 9.11. The molecule has 0 aliphatic rings. The summed E-state index contributed by atoms with van der Waals surface area (Å²) in [5.41, 5.74) is 2.26. The van der Waals surface area contributed by atoms with E-state index in [1.807, 2.05) is 0 Å². The number of benzene rings is 2. The summed E-state index contributed by atoms with van der Waals surface area (Å²) < 4.78 is 37.7. The summed E-state index contributed by atoms with van der Waals surface area (Å²) in [5, 5.41) is 12.1. The largest absolute Gasteiger partial charge is 0.478 e. The minimum absolute atomic E-state index is 0.0469. The number of carboxylic acids is 1. The average molecular weight is 414 g/mol. The number of aromatic carboxylic acids is 1. The van der Waals surface area contributed by atoms with Gasteiger partial charge in [0, 0.05) is 12.1 Å². The first kappa shape index (κ1) is 21.4. The van der Waals surface area contributed by atoms with E-state index in [2.05, 4.69) is 10.3 Å². The molecule has 0 atom stereocenters. The number of nitrogens with zero attached hydrogens (tertiary/aromatic N) is 1. The molecule has 0 fully saturated rings. The number of aromatic nitrogens is 1. The van der Waals surface area contributed by atoms with E-state index < -0.39 is 17.6 Å². The van der Waals surface area contributed by atoms with Crippen LogP contribution in [0.25, 0.3) is 0 Å². The van der Waals surface area contributed by atoms with Crippen LogP contribution in [0.4, 0.5) is 8.78 Å². The zero-order valence-electron chi connectivity index (χ0n) is 16.2. The molecule has 8 heteroatoms. The van der Waals surface area contributed by atoms with Gasteiger partial charge >= 0.3 is 5.97 Å². The van der Waals surface area contributed by atoms with E-state index >= 15 is 0 Å². The number of halogens is 2. The van der Waals surface area contributed by atoms with Crippen LogP contribution in [-0.2, 0) is 17.9 Å². The van der Waals surface area contributed by atoms with Crippen LogP contribution in [0.3, 0.4) is 0 Å². The molecule has 1 aromatic heterocycles. The van der Waals surface area contributed by atoms with Crippen LogP contribution in [-0.4, -0.2) is 22.8 Å². The van der Waals surface area contributed by atoms with Crippen LogP contribution in [0, 0.1) is 18.6 Å². The number of nitrogens with one attached hydrogen (secondary N) is 1. The second-order valence-corrected chi connectivity index (χ2v) is 6.55. The average Bonchev–Trinajstić information content (AvgIpc) is 2.71. The van der Waals surface area contributed by atoms with Crippen molar-refractivity contribution >= 4 is 5.97 Å². The minimum atomic E-state index is -0.960. The molecular formula is C22H20F2N2O4. The number of ether oxygens (including phenoxy) is 2. The fourth-order valence-electron chi connectivity index (χ4n) is 2.78. The van der Waals surface area contributed by atoms with E-state index in [9.17, 15) is 13.6 Å². The first-order valence-electron chi connectivity index (χ1n) is 9.11. The van der Waals surface area contributed by atoms with Crippen LogP contribution < -0.4 is 10.1 Å². The predicted octanol–water partition coefficient (Wildman–Crippen LogP) is 4.42. The molecule has 0 spiro atoms. The first-order chi connectivity index (χ1) is 14.4. The summed E-state index contributed by atoms with van der Waals surface area (Å²) in [6.45, 7) is 2.43. The van der Waals surface area contributed by atoms with Crippen LogP contribution >= 0.6 is 0 Å². The van der Waals surface area contributed by atoms with Crippen molar-refractivity contribution in [1.82, 2.24) is 10.3 Å². The smallest absolute Gasteiger partial charge is 0.335 e. The van der Waals surface area contributed by atoms with Gasteiger partial charge in [0.15, 0.2) is 0 Å². The van der Waals surface area contributed by atoms with Crippen molar-refractivity contribution in [2.75, 3.05) is 6.73 Å². The van der Waals surface area contributed by atoms with E-state index in [0.29, 0.717) is 23.4 Å². The highest BCUT2D eigenvalue weighted by Gasteiger charge is 2.10. The van der Waals surface area contributed by atoms with Gasteiger partial charge in [0.1, 0.15) is 17.4 Å². The lowest BCUT2D eigenvalue weighted by Crippen LogP contribution is -2.17. The van der Waals surface area contributed by atoms with E-state index in [4.69, 9.17) is 14.6 Å². The second-order valence-electron chi connectivity index (χ2n) is 6.55. The van der Waals surface area contributed by atoms with Gasteiger partial charge < -0.3 is 14.6 Å². The van der Waals surface area contributed by atoms with Gasteiger partial charge in [-0.2, -0.15) is 0 Å². The van der Waals surface area contributed by atoms with Crippen molar-refractivity contribution in [2.45, 2.75) is 20.1 Å². The Morgan fingerprint density at radius 2 is 1.87 bits per heavy atom. The number of carboxylic acid groups (broad SMARTS) is 1. The Hall–Kier alpha value is -3.36. The number of aryl methyl sites for hydroxylation is 1. The molecule has 6 nitrogen and oxygen atoms in total. The highest BCUT2D eigenvalue weighted by atomic mass is 19.1. The Labute approximate surface area is 172 Å². The molecule has 0 radical (unpaired) electrons. The fourth-order valence-corrected chi connectivity index (χ4v) is 2.78. The maximum atomic E-state index is 13.6. The molecule has 0 aliphatic heterocycles. The van der Waals surface area contributed by atoms with Gasteiger partial charge in [-0.15, -0.1) is 0 Å². The van der Waals surface area contributed by atoms with Gasteiger partial charge in [0.25, 0.3) is 0 Å². The molecule has 156 valence electrons. The van der Waals surface area contributed by atoms with Gasteiger partial charge in [0.2, 0.25) is 5.88 Å². The topological polar surface area (TPSA) is 80.7 Å². The molecule has 30 heavy (non-hydrogen) atoms. The third kappa shape index (κ3) is 5.82. The lowest BCUT2D eigenvalue weighted by atomic mass is 10.1. The summed E-state index contributed by atoms with van der Waals surface area (Å²) in [6, 6.07) is 11.8. The molecule has 0 aliphatic carbocycles. The molecule has 0 saturated heterocycles. The van der Waals surface area contributed by atoms with Gasteiger partial charge in [0.05, 0.1) is 25.1 Å².